The van der Waals surface area contributed by atoms with E-state index in [4.69, 9.17) is 5.73 Å². The first-order valence-electron chi connectivity index (χ1n) is 5.93. The van der Waals surface area contributed by atoms with Crippen LogP contribution in [0.15, 0.2) is 18.2 Å². The zero-order valence-electron chi connectivity index (χ0n) is 10.3. The van der Waals surface area contributed by atoms with Gasteiger partial charge in [-0.25, -0.2) is 12.8 Å². The number of halogens is 1. The van der Waals surface area contributed by atoms with Crippen LogP contribution in [-0.2, 0) is 9.84 Å². The molecular weight excluding hydrogens is 271 g/mol. The number of amides is 1. The molecule has 1 heterocycles. The van der Waals surface area contributed by atoms with Crippen LogP contribution in [0.2, 0.25) is 0 Å². The maximum atomic E-state index is 13.2. The summed E-state index contributed by atoms with van der Waals surface area (Å²) in [5.74, 6) is -0.930. The molecule has 0 radical (unpaired) electrons. The number of nitrogens with zero attached hydrogens (tertiary/aromatic N) is 1. The van der Waals surface area contributed by atoms with E-state index < -0.39 is 15.7 Å². The average Bonchev–Trinajstić information content (AvgIpc) is 2.48. The van der Waals surface area contributed by atoms with E-state index in [0.717, 1.165) is 12.1 Å². The molecule has 104 valence electrons. The first-order chi connectivity index (χ1) is 8.87. The fourth-order valence-corrected chi connectivity index (χ4v) is 3.33. The summed E-state index contributed by atoms with van der Waals surface area (Å²) in [6, 6.07) is 3.63. The van der Waals surface area contributed by atoms with E-state index >= 15 is 0 Å². The molecule has 5 nitrogen and oxygen atoms in total. The molecule has 1 aliphatic heterocycles. The summed E-state index contributed by atoms with van der Waals surface area (Å²) in [6.07, 6.45) is 0.402. The number of carbonyl (C=O) groups excluding carboxylic acids is 1. The second kappa shape index (κ2) is 5.16. The number of sulfone groups is 1. The van der Waals surface area contributed by atoms with Crippen molar-refractivity contribution in [2.75, 3.05) is 30.3 Å². The first kappa shape index (κ1) is 13.8. The third-order valence-electron chi connectivity index (χ3n) is 3.01. The Kier molecular flexibility index (Phi) is 3.75. The van der Waals surface area contributed by atoms with E-state index in [2.05, 4.69) is 0 Å². The Labute approximate surface area is 111 Å². The fraction of sp³-hybridized carbons (Fsp3) is 0.417. The molecule has 0 bridgehead atoms. The van der Waals surface area contributed by atoms with Gasteiger partial charge in [-0.3, -0.25) is 4.79 Å². The van der Waals surface area contributed by atoms with E-state index in [9.17, 15) is 17.6 Å². The molecule has 2 rings (SSSR count). The first-order valence-corrected chi connectivity index (χ1v) is 7.75. The van der Waals surface area contributed by atoms with Crippen LogP contribution in [0.3, 0.4) is 0 Å². The molecule has 0 unspecified atom stereocenters. The minimum atomic E-state index is -3.08. The Hall–Kier alpha value is -1.63. The van der Waals surface area contributed by atoms with Gasteiger partial charge >= 0.3 is 0 Å². The molecular formula is C12H15FN2O3S. The van der Waals surface area contributed by atoms with Gasteiger partial charge < -0.3 is 10.6 Å². The van der Waals surface area contributed by atoms with Gasteiger partial charge in [0.1, 0.15) is 5.82 Å². The Bertz CT molecular complexity index is 581. The van der Waals surface area contributed by atoms with E-state index in [1.807, 2.05) is 0 Å². The Morgan fingerprint density at radius 3 is 2.63 bits per heavy atom. The topological polar surface area (TPSA) is 80.5 Å². The molecule has 19 heavy (non-hydrogen) atoms. The lowest BCUT2D eigenvalue weighted by atomic mass is 10.1. The van der Waals surface area contributed by atoms with E-state index in [1.54, 1.807) is 0 Å². The highest BCUT2D eigenvalue weighted by Gasteiger charge is 2.23. The Morgan fingerprint density at radius 2 is 1.95 bits per heavy atom. The largest absolute Gasteiger partial charge is 0.399 e. The van der Waals surface area contributed by atoms with E-state index in [-0.39, 0.29) is 35.2 Å². The van der Waals surface area contributed by atoms with Crippen molar-refractivity contribution in [3.05, 3.63) is 29.6 Å². The lowest BCUT2D eigenvalue weighted by Crippen LogP contribution is -2.33. The van der Waals surface area contributed by atoms with Gasteiger partial charge in [-0.05, 0) is 24.6 Å². The summed E-state index contributed by atoms with van der Waals surface area (Å²) >= 11 is 0. The number of anilines is 1. The zero-order chi connectivity index (χ0) is 14.0. The molecule has 1 aliphatic rings. The van der Waals surface area contributed by atoms with Gasteiger partial charge in [-0.15, -0.1) is 0 Å². The van der Waals surface area contributed by atoms with Crippen LogP contribution >= 0.6 is 0 Å². The number of rotatable bonds is 1. The number of hydrogen-bond donors (Lipinski definition) is 1. The highest BCUT2D eigenvalue weighted by atomic mass is 32.2. The maximum Gasteiger partial charge on any atom is 0.254 e. The zero-order valence-corrected chi connectivity index (χ0v) is 11.1. The standard InChI is InChI=1S/C12H15FN2O3S/c13-10-6-9(7-11(14)8-10)12(16)15-2-1-4-19(17,18)5-3-15/h6-8H,1-5,14H2. The third-order valence-corrected chi connectivity index (χ3v) is 4.73. The van der Waals surface area contributed by atoms with Gasteiger partial charge in [0.2, 0.25) is 0 Å². The third kappa shape index (κ3) is 3.44. The number of carbonyl (C=O) groups is 1. The van der Waals surface area contributed by atoms with Crippen LogP contribution < -0.4 is 5.73 Å². The lowest BCUT2D eigenvalue weighted by molar-refractivity contribution is 0.0768. The molecule has 0 atom stereocenters. The van der Waals surface area contributed by atoms with Crippen molar-refractivity contribution < 1.29 is 17.6 Å². The van der Waals surface area contributed by atoms with Crippen molar-refractivity contribution in [2.24, 2.45) is 0 Å². The van der Waals surface area contributed by atoms with Crippen molar-refractivity contribution in [2.45, 2.75) is 6.42 Å². The summed E-state index contributed by atoms with van der Waals surface area (Å²) in [7, 11) is -3.08. The maximum absolute atomic E-state index is 13.2. The summed E-state index contributed by atoms with van der Waals surface area (Å²) < 4.78 is 36.1. The van der Waals surface area contributed by atoms with Crippen LogP contribution in [0.25, 0.3) is 0 Å². The predicted octanol–water partition coefficient (Wildman–Crippen LogP) is 0.669. The van der Waals surface area contributed by atoms with Crippen molar-refractivity contribution in [1.82, 2.24) is 4.90 Å². The molecule has 7 heteroatoms. The van der Waals surface area contributed by atoms with Crippen molar-refractivity contribution in [3.63, 3.8) is 0 Å². The average molecular weight is 286 g/mol. The van der Waals surface area contributed by atoms with Crippen LogP contribution in [0, 0.1) is 5.82 Å². The summed E-state index contributed by atoms with van der Waals surface area (Å²) in [5.41, 5.74) is 5.82. The highest BCUT2D eigenvalue weighted by molar-refractivity contribution is 7.91. The SMILES string of the molecule is Nc1cc(F)cc(C(=O)N2CCCS(=O)(=O)CC2)c1. The quantitative estimate of drug-likeness (QED) is 0.769. The number of nitrogens with two attached hydrogens (primary N) is 1. The number of benzene rings is 1. The number of hydrogen-bond acceptors (Lipinski definition) is 4. The Morgan fingerprint density at radius 1 is 1.21 bits per heavy atom. The van der Waals surface area contributed by atoms with Gasteiger partial charge in [0, 0.05) is 24.3 Å². The molecule has 1 saturated heterocycles. The van der Waals surface area contributed by atoms with Crippen molar-refractivity contribution in [1.29, 1.82) is 0 Å². The minimum absolute atomic E-state index is 0.0520. The van der Waals surface area contributed by atoms with E-state index in [0.29, 0.717) is 13.0 Å². The highest BCUT2D eigenvalue weighted by Crippen LogP contribution is 2.15. The second-order valence-electron chi connectivity index (χ2n) is 4.57. The predicted molar refractivity (Wildman–Crippen MR) is 70.0 cm³/mol. The molecule has 0 aromatic heterocycles. The smallest absolute Gasteiger partial charge is 0.254 e. The van der Waals surface area contributed by atoms with Gasteiger partial charge in [0.15, 0.2) is 9.84 Å². The van der Waals surface area contributed by atoms with Crippen molar-refractivity contribution >= 4 is 21.4 Å². The molecule has 1 fully saturated rings. The summed E-state index contributed by atoms with van der Waals surface area (Å²) in [6.45, 7) is 0.492. The molecule has 0 saturated carbocycles. The molecule has 1 amide bonds. The number of nitrogen functional groups attached to an aromatic ring is 1. The van der Waals surface area contributed by atoms with Crippen molar-refractivity contribution in [3.8, 4) is 0 Å². The molecule has 0 spiro atoms. The molecule has 0 aliphatic carbocycles. The van der Waals surface area contributed by atoms with E-state index in [1.165, 1.54) is 11.0 Å². The fourth-order valence-electron chi connectivity index (χ4n) is 2.06. The summed E-state index contributed by atoms with van der Waals surface area (Å²) in [5, 5.41) is 0. The van der Waals surface area contributed by atoms with Gasteiger partial charge in [0.05, 0.1) is 11.5 Å². The second-order valence-corrected chi connectivity index (χ2v) is 6.87. The minimum Gasteiger partial charge on any atom is -0.399 e. The monoisotopic (exact) mass is 286 g/mol. The Balaban J connectivity index is 2.19. The van der Waals surface area contributed by atoms with Gasteiger partial charge in [0.25, 0.3) is 5.91 Å². The van der Waals surface area contributed by atoms with Gasteiger partial charge in [-0.2, -0.15) is 0 Å². The lowest BCUT2D eigenvalue weighted by Gasteiger charge is -2.19. The summed E-state index contributed by atoms with van der Waals surface area (Å²) in [4.78, 5) is 13.6. The van der Waals surface area contributed by atoms with Crippen LogP contribution in [-0.4, -0.2) is 43.8 Å². The molecule has 1 aromatic rings. The van der Waals surface area contributed by atoms with Crippen LogP contribution in [0.5, 0.6) is 0 Å². The van der Waals surface area contributed by atoms with Crippen LogP contribution in [0.4, 0.5) is 10.1 Å². The normalized spacial score (nSPS) is 18.9. The molecule has 2 N–H and O–H groups in total. The van der Waals surface area contributed by atoms with Gasteiger partial charge in [-0.1, -0.05) is 0 Å². The molecule has 1 aromatic carbocycles. The van der Waals surface area contributed by atoms with Crippen LogP contribution in [0.1, 0.15) is 16.8 Å².